The van der Waals surface area contributed by atoms with Crippen molar-refractivity contribution < 1.29 is 4.74 Å². The van der Waals surface area contributed by atoms with Crippen LogP contribution in [0.15, 0.2) is 49.8 Å². The summed E-state index contributed by atoms with van der Waals surface area (Å²) >= 11 is 10.5. The monoisotopic (exact) mass is 475 g/mol. The number of nitrogens with one attached hydrogen (secondary N) is 1. The van der Waals surface area contributed by atoms with Crippen molar-refractivity contribution in [2.75, 3.05) is 6.54 Å². The average molecular weight is 478 g/mol. The number of ether oxygens (including phenoxy) is 1. The second-order valence-electron chi connectivity index (χ2n) is 4.61. The highest BCUT2D eigenvalue weighted by atomic mass is 79.9. The third kappa shape index (κ3) is 5.09. The Morgan fingerprint density at radius 3 is 2.38 bits per heavy atom. The maximum atomic E-state index is 6.07. The van der Waals surface area contributed by atoms with E-state index >= 15 is 0 Å². The average Bonchev–Trinajstić information content (AvgIpc) is 2.44. The first-order valence-corrected chi connectivity index (χ1v) is 9.10. The highest BCUT2D eigenvalue weighted by Crippen LogP contribution is 2.34. The predicted octanol–water partition coefficient (Wildman–Crippen LogP) is 6.27. The Balaban J connectivity index is 2.22. The summed E-state index contributed by atoms with van der Waals surface area (Å²) in [6, 6.07) is 12.0. The first-order chi connectivity index (χ1) is 10.1. The van der Waals surface area contributed by atoms with E-state index in [9.17, 15) is 0 Å². The van der Waals surface area contributed by atoms with Crippen LogP contribution in [0.4, 0.5) is 0 Å². The molecule has 0 saturated carbocycles. The van der Waals surface area contributed by atoms with E-state index in [0.717, 1.165) is 50.0 Å². The third-order valence-electron chi connectivity index (χ3n) is 2.89. The van der Waals surface area contributed by atoms with E-state index in [1.807, 2.05) is 30.3 Å². The summed E-state index contributed by atoms with van der Waals surface area (Å²) in [7, 11) is 0. The molecule has 2 aromatic carbocycles. The van der Waals surface area contributed by atoms with Gasteiger partial charge in [0.25, 0.3) is 0 Å². The molecule has 0 radical (unpaired) electrons. The summed E-state index contributed by atoms with van der Waals surface area (Å²) in [4.78, 5) is 0. The minimum absolute atomic E-state index is 0.796. The fraction of sp³-hybridized carbons (Fsp3) is 0.250. The fourth-order valence-corrected chi connectivity index (χ4v) is 3.31. The molecule has 2 nitrogen and oxygen atoms in total. The van der Waals surface area contributed by atoms with E-state index in [1.54, 1.807) is 0 Å². The van der Waals surface area contributed by atoms with Crippen molar-refractivity contribution in [3.63, 3.8) is 0 Å². The zero-order valence-corrected chi connectivity index (χ0v) is 16.4. The highest BCUT2D eigenvalue weighted by Gasteiger charge is 2.08. The molecule has 1 N–H and O–H groups in total. The Bertz CT molecular complexity index is 616. The van der Waals surface area contributed by atoms with E-state index in [4.69, 9.17) is 4.74 Å². The Morgan fingerprint density at radius 2 is 1.67 bits per heavy atom. The minimum atomic E-state index is 0.796. The molecule has 0 aromatic heterocycles. The fourth-order valence-electron chi connectivity index (χ4n) is 1.85. The van der Waals surface area contributed by atoms with Crippen molar-refractivity contribution in [3.8, 4) is 11.5 Å². The summed E-state index contributed by atoms with van der Waals surface area (Å²) in [5, 5.41) is 3.41. The van der Waals surface area contributed by atoms with Crippen LogP contribution < -0.4 is 10.1 Å². The second kappa shape index (κ2) is 8.32. The maximum absolute atomic E-state index is 6.07. The third-order valence-corrected chi connectivity index (χ3v) is 4.49. The lowest BCUT2D eigenvalue weighted by Gasteiger charge is -2.13. The molecular formula is C16H16Br3NO. The molecule has 2 aromatic rings. The molecule has 0 saturated heterocycles. The second-order valence-corrected chi connectivity index (χ2v) is 7.29. The molecule has 0 aliphatic carbocycles. The van der Waals surface area contributed by atoms with Crippen molar-refractivity contribution in [2.24, 2.45) is 0 Å². The van der Waals surface area contributed by atoms with E-state index in [2.05, 4.69) is 66.1 Å². The molecule has 0 unspecified atom stereocenters. The van der Waals surface area contributed by atoms with Gasteiger partial charge in [0.1, 0.15) is 11.5 Å². The zero-order valence-electron chi connectivity index (χ0n) is 11.6. The van der Waals surface area contributed by atoms with Crippen molar-refractivity contribution >= 4 is 47.8 Å². The molecular weight excluding hydrogens is 462 g/mol. The van der Waals surface area contributed by atoms with Crippen molar-refractivity contribution in [1.29, 1.82) is 0 Å². The minimum Gasteiger partial charge on any atom is -0.456 e. The largest absolute Gasteiger partial charge is 0.456 e. The van der Waals surface area contributed by atoms with E-state index in [0.29, 0.717) is 0 Å². The van der Waals surface area contributed by atoms with Crippen LogP contribution in [0.25, 0.3) is 0 Å². The van der Waals surface area contributed by atoms with Gasteiger partial charge < -0.3 is 10.1 Å². The molecule has 112 valence electrons. The Labute approximate surface area is 150 Å². The van der Waals surface area contributed by atoms with Gasteiger partial charge in [0.2, 0.25) is 0 Å². The van der Waals surface area contributed by atoms with E-state index in [-0.39, 0.29) is 0 Å². The molecule has 0 heterocycles. The molecule has 0 aliphatic rings. The van der Waals surface area contributed by atoms with Gasteiger partial charge in [-0.3, -0.25) is 0 Å². The van der Waals surface area contributed by atoms with Crippen LogP contribution in [-0.2, 0) is 6.54 Å². The van der Waals surface area contributed by atoms with Gasteiger partial charge in [-0.1, -0.05) is 44.8 Å². The van der Waals surface area contributed by atoms with Crippen molar-refractivity contribution in [1.82, 2.24) is 5.32 Å². The van der Waals surface area contributed by atoms with Crippen LogP contribution in [0, 0.1) is 0 Å². The van der Waals surface area contributed by atoms with E-state index in [1.165, 1.54) is 0 Å². The van der Waals surface area contributed by atoms with Crippen LogP contribution in [0.5, 0.6) is 11.5 Å². The summed E-state index contributed by atoms with van der Waals surface area (Å²) in [5.41, 5.74) is 1.14. The van der Waals surface area contributed by atoms with Gasteiger partial charge in [-0.25, -0.2) is 0 Å². The summed E-state index contributed by atoms with van der Waals surface area (Å²) < 4.78 is 9.01. The number of hydrogen-bond acceptors (Lipinski definition) is 2. The molecule has 0 bridgehead atoms. The summed E-state index contributed by atoms with van der Waals surface area (Å²) in [6.07, 6.45) is 1.12. The quantitative estimate of drug-likeness (QED) is 0.495. The lowest BCUT2D eigenvalue weighted by atomic mass is 10.2. The van der Waals surface area contributed by atoms with Crippen LogP contribution >= 0.6 is 47.8 Å². The number of halogens is 3. The molecule has 0 amide bonds. The predicted molar refractivity (Wildman–Crippen MR) is 98.1 cm³/mol. The Hall–Kier alpha value is -0.360. The van der Waals surface area contributed by atoms with Crippen LogP contribution in [0.1, 0.15) is 18.9 Å². The zero-order chi connectivity index (χ0) is 15.2. The van der Waals surface area contributed by atoms with Gasteiger partial charge in [0.15, 0.2) is 0 Å². The maximum Gasteiger partial charge on any atom is 0.141 e. The summed E-state index contributed by atoms with van der Waals surface area (Å²) in [6.45, 7) is 3.95. The smallest absolute Gasteiger partial charge is 0.141 e. The molecule has 5 heteroatoms. The lowest BCUT2D eigenvalue weighted by molar-refractivity contribution is 0.469. The van der Waals surface area contributed by atoms with Crippen LogP contribution in [-0.4, -0.2) is 6.54 Å². The van der Waals surface area contributed by atoms with Gasteiger partial charge in [0, 0.05) is 21.1 Å². The standard InChI is InChI=1S/C16H16Br3NO/c1-2-7-20-10-11-3-4-13(18)9-16(11)21-15-6-5-12(17)8-14(15)19/h3-6,8-9,20H,2,7,10H2,1H3. The number of benzene rings is 2. The SMILES string of the molecule is CCCNCc1ccc(Br)cc1Oc1ccc(Br)cc1Br. The molecule has 0 fully saturated rings. The molecule has 0 aliphatic heterocycles. The first-order valence-electron chi connectivity index (χ1n) is 6.72. The Morgan fingerprint density at radius 1 is 0.952 bits per heavy atom. The van der Waals surface area contributed by atoms with E-state index < -0.39 is 0 Å². The van der Waals surface area contributed by atoms with Gasteiger partial charge in [-0.2, -0.15) is 0 Å². The van der Waals surface area contributed by atoms with Crippen molar-refractivity contribution in [3.05, 3.63) is 55.4 Å². The number of rotatable bonds is 6. The molecule has 2 rings (SSSR count). The highest BCUT2D eigenvalue weighted by molar-refractivity contribution is 9.11. The van der Waals surface area contributed by atoms with Crippen LogP contribution in [0.2, 0.25) is 0 Å². The van der Waals surface area contributed by atoms with Gasteiger partial charge in [0.05, 0.1) is 4.47 Å². The number of hydrogen-bond donors (Lipinski definition) is 1. The van der Waals surface area contributed by atoms with Crippen LogP contribution in [0.3, 0.4) is 0 Å². The van der Waals surface area contributed by atoms with Gasteiger partial charge >= 0.3 is 0 Å². The normalized spacial score (nSPS) is 10.7. The lowest BCUT2D eigenvalue weighted by Crippen LogP contribution is -2.14. The van der Waals surface area contributed by atoms with Crippen molar-refractivity contribution in [2.45, 2.75) is 19.9 Å². The Kier molecular flexibility index (Phi) is 6.74. The molecule has 21 heavy (non-hydrogen) atoms. The van der Waals surface area contributed by atoms with Gasteiger partial charge in [-0.15, -0.1) is 0 Å². The summed E-state index contributed by atoms with van der Waals surface area (Å²) in [5.74, 6) is 1.66. The topological polar surface area (TPSA) is 21.3 Å². The first kappa shape index (κ1) is 17.0. The van der Waals surface area contributed by atoms with Gasteiger partial charge in [-0.05, 0) is 59.2 Å². The molecule has 0 spiro atoms. The molecule has 0 atom stereocenters.